The fourth-order valence-corrected chi connectivity index (χ4v) is 4.47. The summed E-state index contributed by atoms with van der Waals surface area (Å²) in [7, 11) is 0. The van der Waals surface area contributed by atoms with E-state index in [0.29, 0.717) is 6.61 Å². The van der Waals surface area contributed by atoms with Gasteiger partial charge in [-0.3, -0.25) is 0 Å². The molecule has 1 aromatic carbocycles. The van der Waals surface area contributed by atoms with Crippen molar-refractivity contribution in [3.8, 4) is 0 Å². The molecule has 2 unspecified atom stereocenters. The summed E-state index contributed by atoms with van der Waals surface area (Å²) in [6.07, 6.45) is 12.9. The van der Waals surface area contributed by atoms with Crippen LogP contribution >= 0.6 is 0 Å². The minimum absolute atomic E-state index is 0.0826. The van der Waals surface area contributed by atoms with E-state index in [-0.39, 0.29) is 23.8 Å². The maximum Gasteiger partial charge on any atom is 0.330 e. The van der Waals surface area contributed by atoms with Crippen LogP contribution in [0.15, 0.2) is 48.1 Å². The summed E-state index contributed by atoms with van der Waals surface area (Å²) in [4.78, 5) is 11.6. The Bertz CT molecular complexity index is 885. The summed E-state index contributed by atoms with van der Waals surface area (Å²) in [5.41, 5.74) is 6.04. The number of fused-ring (bicyclic) bond motifs is 1. The minimum atomic E-state index is -0.305. The van der Waals surface area contributed by atoms with Crippen molar-refractivity contribution in [1.82, 2.24) is 0 Å². The van der Waals surface area contributed by atoms with E-state index < -0.39 is 0 Å². The third-order valence-electron chi connectivity index (χ3n) is 6.41. The van der Waals surface area contributed by atoms with Crippen molar-refractivity contribution in [2.24, 2.45) is 0 Å². The summed E-state index contributed by atoms with van der Waals surface area (Å²) >= 11 is 0. The number of hydrogen-bond donors (Lipinski definition) is 0. The zero-order valence-electron chi connectivity index (χ0n) is 20.3. The van der Waals surface area contributed by atoms with Crippen LogP contribution in [0.1, 0.15) is 89.5 Å². The van der Waals surface area contributed by atoms with Crippen molar-refractivity contribution in [3.63, 3.8) is 0 Å². The Labute approximate surface area is 193 Å². The van der Waals surface area contributed by atoms with E-state index in [9.17, 15) is 4.79 Å². The highest BCUT2D eigenvalue weighted by Crippen LogP contribution is 2.44. The zero-order chi connectivity index (χ0) is 23.1. The lowest BCUT2D eigenvalue weighted by Gasteiger charge is -2.39. The molecule has 1 aliphatic heterocycles. The van der Waals surface area contributed by atoms with Crippen molar-refractivity contribution in [2.45, 2.75) is 84.5 Å². The Morgan fingerprint density at radius 1 is 1.22 bits per heavy atom. The number of carbonyl (C=O) groups excluding carboxylic acids is 1. The molecule has 2 atom stereocenters. The Morgan fingerprint density at radius 3 is 2.75 bits per heavy atom. The Morgan fingerprint density at radius 2 is 2.03 bits per heavy atom. The van der Waals surface area contributed by atoms with Crippen LogP contribution in [0.2, 0.25) is 0 Å². The molecule has 1 aliphatic carbocycles. The number of benzene rings is 1. The van der Waals surface area contributed by atoms with Gasteiger partial charge in [-0.15, -0.1) is 0 Å². The quantitative estimate of drug-likeness (QED) is 0.266. The van der Waals surface area contributed by atoms with Gasteiger partial charge in [-0.1, -0.05) is 44.2 Å². The average molecular weight is 439 g/mol. The normalized spacial score (nSPS) is 23.8. The molecule has 1 saturated heterocycles. The molecule has 0 saturated carbocycles. The van der Waals surface area contributed by atoms with Gasteiger partial charge in [-0.2, -0.15) is 0 Å². The maximum atomic E-state index is 11.6. The number of carbonyl (C=O) groups is 1. The highest BCUT2D eigenvalue weighted by Gasteiger charge is 2.34. The first-order valence-corrected chi connectivity index (χ1v) is 11.9. The Balaban J connectivity index is 1.79. The van der Waals surface area contributed by atoms with Crippen LogP contribution in [0.4, 0.5) is 0 Å². The second-order valence-corrected chi connectivity index (χ2v) is 9.49. The van der Waals surface area contributed by atoms with Crippen molar-refractivity contribution in [3.05, 3.63) is 64.8 Å². The third-order valence-corrected chi connectivity index (χ3v) is 6.41. The molecule has 1 aromatic rings. The van der Waals surface area contributed by atoms with Crippen LogP contribution in [0.3, 0.4) is 0 Å². The largest absolute Gasteiger partial charge is 0.463 e. The molecule has 32 heavy (non-hydrogen) atoms. The zero-order valence-corrected chi connectivity index (χ0v) is 20.3. The van der Waals surface area contributed by atoms with E-state index in [1.54, 1.807) is 6.92 Å². The molecule has 0 amide bonds. The molecule has 4 heteroatoms. The molecular formula is C28H38O4. The monoisotopic (exact) mass is 438 g/mol. The van der Waals surface area contributed by atoms with Crippen molar-refractivity contribution in [1.29, 1.82) is 0 Å². The minimum Gasteiger partial charge on any atom is -0.463 e. The second-order valence-electron chi connectivity index (χ2n) is 9.49. The van der Waals surface area contributed by atoms with E-state index >= 15 is 0 Å². The predicted molar refractivity (Wildman–Crippen MR) is 129 cm³/mol. The fourth-order valence-electron chi connectivity index (χ4n) is 4.47. The van der Waals surface area contributed by atoms with E-state index in [4.69, 9.17) is 14.2 Å². The molecule has 0 spiro atoms. The van der Waals surface area contributed by atoms with Crippen LogP contribution in [-0.2, 0) is 24.4 Å². The van der Waals surface area contributed by atoms with Gasteiger partial charge in [0.2, 0.25) is 0 Å². The van der Waals surface area contributed by atoms with Crippen LogP contribution in [0.25, 0.3) is 5.57 Å². The van der Waals surface area contributed by atoms with E-state index in [1.165, 1.54) is 34.8 Å². The molecule has 3 rings (SSSR count). The van der Waals surface area contributed by atoms with Gasteiger partial charge in [0.05, 0.1) is 12.7 Å². The molecule has 4 nitrogen and oxygen atoms in total. The van der Waals surface area contributed by atoms with Crippen LogP contribution in [0, 0.1) is 0 Å². The smallest absolute Gasteiger partial charge is 0.330 e. The van der Waals surface area contributed by atoms with Crippen molar-refractivity contribution < 1.29 is 19.0 Å². The third kappa shape index (κ3) is 6.43. The number of esters is 1. The van der Waals surface area contributed by atoms with Gasteiger partial charge in [0.15, 0.2) is 6.29 Å². The lowest BCUT2D eigenvalue weighted by Crippen LogP contribution is -2.31. The van der Waals surface area contributed by atoms with Gasteiger partial charge in [0, 0.05) is 12.7 Å². The first-order chi connectivity index (χ1) is 15.3. The van der Waals surface area contributed by atoms with E-state index in [0.717, 1.165) is 37.9 Å². The van der Waals surface area contributed by atoms with Gasteiger partial charge in [-0.05, 0) is 92.2 Å². The topological polar surface area (TPSA) is 44.8 Å². The number of ether oxygens (including phenoxy) is 3. The standard InChI is InChI=1S/C28H38O4/c1-6-30-26(29)18-20(2)10-9-11-21(3)22-13-14-24-23(19-22)25(15-16-28(24,4)5)32-27-12-7-8-17-31-27/h9-11,13-14,18-19,25,27H,6-8,12,15-17H2,1-5H3/b10-9+,20-18+,21-11+. The van der Waals surface area contributed by atoms with Crippen molar-refractivity contribution >= 4 is 11.5 Å². The number of rotatable bonds is 7. The first kappa shape index (κ1) is 24.5. The first-order valence-electron chi connectivity index (χ1n) is 11.9. The molecule has 0 bridgehead atoms. The number of allylic oxidation sites excluding steroid dienone is 5. The molecule has 0 N–H and O–H groups in total. The molecule has 2 aliphatic rings. The summed E-state index contributed by atoms with van der Waals surface area (Å²) in [6.45, 7) is 11.6. The van der Waals surface area contributed by atoms with E-state index in [1.807, 2.05) is 19.1 Å². The molecule has 0 aromatic heterocycles. The molecule has 0 radical (unpaired) electrons. The molecular weight excluding hydrogens is 400 g/mol. The van der Waals surface area contributed by atoms with Crippen LogP contribution in [-0.4, -0.2) is 25.5 Å². The predicted octanol–water partition coefficient (Wildman–Crippen LogP) is 6.81. The fraction of sp³-hybridized carbons (Fsp3) is 0.536. The molecule has 174 valence electrons. The van der Waals surface area contributed by atoms with Gasteiger partial charge in [-0.25, -0.2) is 4.79 Å². The second kappa shape index (κ2) is 11.1. The summed E-state index contributed by atoms with van der Waals surface area (Å²) < 4.78 is 17.3. The summed E-state index contributed by atoms with van der Waals surface area (Å²) in [5.74, 6) is -0.305. The van der Waals surface area contributed by atoms with Gasteiger partial charge >= 0.3 is 5.97 Å². The number of hydrogen-bond acceptors (Lipinski definition) is 4. The SMILES string of the molecule is CCOC(=O)/C=C(C)/C=C/C=C(\C)c1ccc2c(c1)C(OC1CCCCO1)CCC2(C)C. The van der Waals surface area contributed by atoms with Crippen molar-refractivity contribution in [2.75, 3.05) is 13.2 Å². The lowest BCUT2D eigenvalue weighted by atomic mass is 9.71. The highest BCUT2D eigenvalue weighted by molar-refractivity contribution is 5.83. The summed E-state index contributed by atoms with van der Waals surface area (Å²) in [6, 6.07) is 6.78. The lowest BCUT2D eigenvalue weighted by molar-refractivity contribution is -0.193. The van der Waals surface area contributed by atoms with Crippen LogP contribution in [0.5, 0.6) is 0 Å². The summed E-state index contributed by atoms with van der Waals surface area (Å²) in [5, 5.41) is 0. The van der Waals surface area contributed by atoms with E-state index in [2.05, 4.69) is 45.0 Å². The van der Waals surface area contributed by atoms with Gasteiger partial charge < -0.3 is 14.2 Å². The Hall–Kier alpha value is -2.17. The highest BCUT2D eigenvalue weighted by atomic mass is 16.7. The van der Waals surface area contributed by atoms with Crippen LogP contribution < -0.4 is 0 Å². The maximum absolute atomic E-state index is 11.6. The van der Waals surface area contributed by atoms with Gasteiger partial charge in [0.25, 0.3) is 0 Å². The molecule has 1 heterocycles. The van der Waals surface area contributed by atoms with Gasteiger partial charge in [0.1, 0.15) is 0 Å². The Kier molecular flexibility index (Phi) is 8.50. The molecule has 1 fully saturated rings. The average Bonchev–Trinajstić information content (AvgIpc) is 2.76.